The summed E-state index contributed by atoms with van der Waals surface area (Å²) in [6, 6.07) is 21.8. The van der Waals surface area contributed by atoms with Crippen LogP contribution >= 0.6 is 0 Å². The van der Waals surface area contributed by atoms with Gasteiger partial charge in [0.1, 0.15) is 5.82 Å². The first-order chi connectivity index (χ1) is 14.9. The molecule has 0 amide bonds. The van der Waals surface area contributed by atoms with Crippen LogP contribution in [0.1, 0.15) is 61.8 Å². The highest BCUT2D eigenvalue weighted by molar-refractivity contribution is 5.75. The third-order valence-electron chi connectivity index (χ3n) is 6.10. The van der Waals surface area contributed by atoms with Crippen LogP contribution in [-0.2, 0) is 0 Å². The molecule has 158 valence electrons. The summed E-state index contributed by atoms with van der Waals surface area (Å²) < 4.78 is 2.29. The second-order valence-electron chi connectivity index (χ2n) is 9.07. The molecule has 0 saturated heterocycles. The van der Waals surface area contributed by atoms with E-state index >= 15 is 0 Å². The molecule has 0 radical (unpaired) electrons. The molecular formula is C29H32N2. The largest absolute Gasteiger partial charge is 0.299 e. The quantitative estimate of drug-likeness (QED) is 0.326. The molecule has 0 aliphatic heterocycles. The highest BCUT2D eigenvalue weighted by atomic mass is 15.1. The van der Waals surface area contributed by atoms with Crippen molar-refractivity contribution < 1.29 is 0 Å². The molecule has 0 aliphatic carbocycles. The third kappa shape index (κ3) is 3.95. The molecule has 0 aliphatic rings. The van der Waals surface area contributed by atoms with E-state index in [4.69, 9.17) is 4.98 Å². The Morgan fingerprint density at radius 1 is 0.710 bits per heavy atom. The summed E-state index contributed by atoms with van der Waals surface area (Å²) in [5.41, 5.74) is 10.4. The number of hydrogen-bond acceptors (Lipinski definition) is 1. The minimum atomic E-state index is 0.391. The monoisotopic (exact) mass is 408 g/mol. The molecule has 3 aromatic carbocycles. The summed E-state index contributed by atoms with van der Waals surface area (Å²) in [6.07, 6.45) is 4.02. The van der Waals surface area contributed by atoms with E-state index in [0.29, 0.717) is 11.8 Å². The van der Waals surface area contributed by atoms with Crippen molar-refractivity contribution in [1.82, 2.24) is 9.55 Å². The normalized spacial score (nSPS) is 11.5. The van der Waals surface area contributed by atoms with Crippen LogP contribution in [-0.4, -0.2) is 9.55 Å². The van der Waals surface area contributed by atoms with Gasteiger partial charge in [-0.15, -0.1) is 0 Å². The summed E-state index contributed by atoms with van der Waals surface area (Å²) in [7, 11) is 0. The van der Waals surface area contributed by atoms with Crippen molar-refractivity contribution in [2.45, 2.75) is 53.4 Å². The lowest BCUT2D eigenvalue weighted by Crippen LogP contribution is -2.09. The molecule has 0 spiro atoms. The predicted octanol–water partition coefficient (Wildman–Crippen LogP) is 8.07. The molecule has 1 heterocycles. The van der Waals surface area contributed by atoms with Crippen molar-refractivity contribution in [2.75, 3.05) is 0 Å². The van der Waals surface area contributed by atoms with Crippen molar-refractivity contribution in [3.05, 3.63) is 95.3 Å². The van der Waals surface area contributed by atoms with Crippen LogP contribution in [0, 0.1) is 13.8 Å². The number of imidazole rings is 1. The topological polar surface area (TPSA) is 17.8 Å². The van der Waals surface area contributed by atoms with Crippen LogP contribution < -0.4 is 0 Å². The smallest absolute Gasteiger partial charge is 0.144 e. The Labute approximate surface area is 186 Å². The van der Waals surface area contributed by atoms with E-state index in [1.54, 1.807) is 0 Å². The van der Waals surface area contributed by atoms with E-state index in [1.165, 1.54) is 39.1 Å². The van der Waals surface area contributed by atoms with E-state index in [1.807, 2.05) is 6.20 Å². The van der Waals surface area contributed by atoms with E-state index in [-0.39, 0.29) is 0 Å². The number of aryl methyl sites for hydroxylation is 2. The van der Waals surface area contributed by atoms with E-state index < -0.39 is 0 Å². The Balaban J connectivity index is 2.02. The van der Waals surface area contributed by atoms with E-state index in [9.17, 15) is 0 Å². The van der Waals surface area contributed by atoms with Crippen LogP contribution in [0.15, 0.2) is 73.1 Å². The van der Waals surface area contributed by atoms with Gasteiger partial charge in [-0.3, -0.25) is 4.57 Å². The molecular weight excluding hydrogens is 376 g/mol. The Kier molecular flexibility index (Phi) is 5.82. The molecule has 2 nitrogen and oxygen atoms in total. The first-order valence-electron chi connectivity index (χ1n) is 11.2. The summed E-state index contributed by atoms with van der Waals surface area (Å²) in [4.78, 5) is 4.74. The standard InChI is InChI=1S/C29H32N2/c1-19(2)25-17-24(27-21(5)11-10-12-22(27)6)18-26(20(3)4)28(25)31-16-15-30-29(31)23-13-8-7-9-14-23/h7-20H,1-6H3. The zero-order chi connectivity index (χ0) is 22.1. The number of nitrogens with zero attached hydrogens (tertiary/aromatic N) is 2. The fourth-order valence-electron chi connectivity index (χ4n) is 4.54. The van der Waals surface area contributed by atoms with Crippen LogP contribution in [0.4, 0.5) is 0 Å². The lowest BCUT2D eigenvalue weighted by molar-refractivity contribution is 0.807. The second-order valence-corrected chi connectivity index (χ2v) is 9.07. The zero-order valence-corrected chi connectivity index (χ0v) is 19.5. The van der Waals surface area contributed by atoms with Gasteiger partial charge in [0.15, 0.2) is 0 Å². The van der Waals surface area contributed by atoms with Gasteiger partial charge in [0.2, 0.25) is 0 Å². The number of benzene rings is 3. The molecule has 0 N–H and O–H groups in total. The first kappa shape index (κ1) is 21.1. The number of aromatic nitrogens is 2. The van der Waals surface area contributed by atoms with Crippen molar-refractivity contribution in [2.24, 2.45) is 0 Å². The average molecular weight is 409 g/mol. The molecule has 1 aromatic heterocycles. The van der Waals surface area contributed by atoms with Gasteiger partial charge >= 0.3 is 0 Å². The Morgan fingerprint density at radius 2 is 1.29 bits per heavy atom. The van der Waals surface area contributed by atoms with Gasteiger partial charge in [-0.2, -0.15) is 0 Å². The maximum Gasteiger partial charge on any atom is 0.144 e. The molecule has 4 aromatic rings. The Bertz CT molecular complexity index is 1150. The molecule has 31 heavy (non-hydrogen) atoms. The van der Waals surface area contributed by atoms with Crippen molar-refractivity contribution >= 4 is 0 Å². The SMILES string of the molecule is Cc1cccc(C)c1-c1cc(C(C)C)c(-n2ccnc2-c2ccccc2)c(C(C)C)c1. The maximum absolute atomic E-state index is 4.74. The summed E-state index contributed by atoms with van der Waals surface area (Å²) in [5.74, 6) is 1.77. The summed E-state index contributed by atoms with van der Waals surface area (Å²) in [6.45, 7) is 13.6. The van der Waals surface area contributed by atoms with Crippen LogP contribution in [0.5, 0.6) is 0 Å². The van der Waals surface area contributed by atoms with Gasteiger partial charge in [0, 0.05) is 18.0 Å². The van der Waals surface area contributed by atoms with Crippen molar-refractivity contribution in [3.8, 4) is 28.2 Å². The van der Waals surface area contributed by atoms with Crippen molar-refractivity contribution in [3.63, 3.8) is 0 Å². The van der Waals surface area contributed by atoms with E-state index in [2.05, 4.69) is 113 Å². The molecule has 0 atom stereocenters. The minimum Gasteiger partial charge on any atom is -0.299 e. The van der Waals surface area contributed by atoms with Gasteiger partial charge in [-0.25, -0.2) is 4.98 Å². The molecule has 0 unspecified atom stereocenters. The Morgan fingerprint density at radius 3 is 1.84 bits per heavy atom. The lowest BCUT2D eigenvalue weighted by Gasteiger charge is -2.24. The molecule has 0 fully saturated rings. The summed E-state index contributed by atoms with van der Waals surface area (Å²) in [5, 5.41) is 0. The summed E-state index contributed by atoms with van der Waals surface area (Å²) >= 11 is 0. The second kappa shape index (κ2) is 8.55. The maximum atomic E-state index is 4.74. The number of hydrogen-bond donors (Lipinski definition) is 0. The Hall–Kier alpha value is -3.13. The third-order valence-corrected chi connectivity index (χ3v) is 6.10. The highest BCUT2D eigenvalue weighted by Gasteiger charge is 2.21. The van der Waals surface area contributed by atoms with Gasteiger partial charge < -0.3 is 0 Å². The zero-order valence-electron chi connectivity index (χ0n) is 19.5. The highest BCUT2D eigenvalue weighted by Crippen LogP contribution is 2.39. The molecule has 0 bridgehead atoms. The molecule has 4 rings (SSSR count). The molecule has 0 saturated carbocycles. The molecule has 2 heteroatoms. The lowest BCUT2D eigenvalue weighted by atomic mass is 9.86. The van der Waals surface area contributed by atoms with Gasteiger partial charge in [-0.05, 0) is 71.2 Å². The first-order valence-corrected chi connectivity index (χ1v) is 11.2. The van der Waals surface area contributed by atoms with Crippen molar-refractivity contribution in [1.29, 1.82) is 0 Å². The van der Waals surface area contributed by atoms with Gasteiger partial charge in [-0.1, -0.05) is 76.2 Å². The predicted molar refractivity (Wildman–Crippen MR) is 132 cm³/mol. The van der Waals surface area contributed by atoms with Crippen LogP contribution in [0.25, 0.3) is 28.2 Å². The van der Waals surface area contributed by atoms with Crippen LogP contribution in [0.2, 0.25) is 0 Å². The fourth-order valence-corrected chi connectivity index (χ4v) is 4.54. The van der Waals surface area contributed by atoms with Crippen LogP contribution in [0.3, 0.4) is 0 Å². The van der Waals surface area contributed by atoms with E-state index in [0.717, 1.165) is 11.4 Å². The number of rotatable bonds is 5. The minimum absolute atomic E-state index is 0.391. The van der Waals surface area contributed by atoms with Gasteiger partial charge in [0.05, 0.1) is 5.69 Å². The average Bonchev–Trinajstić information content (AvgIpc) is 3.23. The fraction of sp³-hybridized carbons (Fsp3) is 0.276. The van der Waals surface area contributed by atoms with Gasteiger partial charge in [0.25, 0.3) is 0 Å².